The van der Waals surface area contributed by atoms with Crippen LogP contribution in [0.5, 0.6) is 0 Å². The molecule has 11 heteroatoms. The van der Waals surface area contributed by atoms with Crippen LogP contribution >= 0.6 is 23.2 Å². The third-order valence-electron chi connectivity index (χ3n) is 3.67. The Balaban J connectivity index is 2.20. The van der Waals surface area contributed by atoms with Crippen LogP contribution in [0.4, 0.5) is 11.4 Å². The van der Waals surface area contributed by atoms with Crippen LogP contribution in [0.3, 0.4) is 0 Å². The summed E-state index contributed by atoms with van der Waals surface area (Å²) < 4.78 is 27.1. The van der Waals surface area contributed by atoms with Crippen molar-refractivity contribution >= 4 is 50.5 Å². The highest BCUT2D eigenvalue weighted by Crippen LogP contribution is 2.26. The maximum absolute atomic E-state index is 12.5. The van der Waals surface area contributed by atoms with Crippen molar-refractivity contribution in [3.63, 3.8) is 0 Å². The molecule has 2 N–H and O–H groups in total. The Morgan fingerprint density at radius 2 is 1.89 bits per heavy atom. The fourth-order valence-corrected chi connectivity index (χ4v) is 4.20. The summed E-state index contributed by atoms with van der Waals surface area (Å²) in [6.45, 7) is 2.81. The van der Waals surface area contributed by atoms with E-state index in [-0.39, 0.29) is 31.9 Å². The molecule has 1 amide bonds. The lowest BCUT2D eigenvalue weighted by Crippen LogP contribution is -2.41. The van der Waals surface area contributed by atoms with Crippen molar-refractivity contribution in [1.29, 1.82) is 0 Å². The molecule has 0 spiro atoms. The van der Waals surface area contributed by atoms with Crippen molar-refractivity contribution in [2.24, 2.45) is 0 Å². The zero-order valence-corrected chi connectivity index (χ0v) is 16.5. The van der Waals surface area contributed by atoms with Gasteiger partial charge in [0.05, 0.1) is 27.2 Å². The number of hydrogen-bond acceptors (Lipinski definition) is 5. The summed E-state index contributed by atoms with van der Waals surface area (Å²) in [4.78, 5) is 22.5. The number of nitro groups is 1. The van der Waals surface area contributed by atoms with Crippen LogP contribution < -0.4 is 10.0 Å². The fourth-order valence-electron chi connectivity index (χ4n) is 2.23. The third kappa shape index (κ3) is 4.95. The van der Waals surface area contributed by atoms with Crippen molar-refractivity contribution in [1.82, 2.24) is 4.72 Å². The molecule has 144 valence electrons. The number of benzene rings is 2. The predicted octanol–water partition coefficient (Wildman–Crippen LogP) is 3.52. The lowest BCUT2D eigenvalue weighted by atomic mass is 10.1. The van der Waals surface area contributed by atoms with E-state index in [4.69, 9.17) is 23.2 Å². The number of amides is 1. The molecule has 0 unspecified atom stereocenters. The first-order valence-electron chi connectivity index (χ1n) is 7.55. The summed E-state index contributed by atoms with van der Waals surface area (Å²) in [6.07, 6.45) is 0. The number of anilines is 1. The van der Waals surface area contributed by atoms with Crippen molar-refractivity contribution in [3.05, 3.63) is 62.1 Å². The molecule has 0 aliphatic heterocycles. The summed E-state index contributed by atoms with van der Waals surface area (Å²) >= 11 is 11.7. The van der Waals surface area contributed by atoms with Gasteiger partial charge in [-0.05, 0) is 38.1 Å². The van der Waals surface area contributed by atoms with Crippen LogP contribution in [0.1, 0.15) is 12.5 Å². The van der Waals surface area contributed by atoms with E-state index in [9.17, 15) is 23.3 Å². The average Bonchev–Trinajstić information content (AvgIpc) is 2.58. The van der Waals surface area contributed by atoms with E-state index in [1.165, 1.54) is 50.2 Å². The van der Waals surface area contributed by atoms with Crippen LogP contribution in [0.25, 0.3) is 0 Å². The molecule has 0 saturated heterocycles. The highest BCUT2D eigenvalue weighted by atomic mass is 35.5. The van der Waals surface area contributed by atoms with Gasteiger partial charge < -0.3 is 5.32 Å². The molecule has 27 heavy (non-hydrogen) atoms. The number of halogens is 2. The van der Waals surface area contributed by atoms with E-state index in [0.717, 1.165) is 0 Å². The highest BCUT2D eigenvalue weighted by molar-refractivity contribution is 7.89. The summed E-state index contributed by atoms with van der Waals surface area (Å²) in [7, 11) is -4.12. The topological polar surface area (TPSA) is 118 Å². The van der Waals surface area contributed by atoms with E-state index in [1.807, 2.05) is 0 Å². The van der Waals surface area contributed by atoms with Crippen molar-refractivity contribution in [3.8, 4) is 0 Å². The Bertz CT molecular complexity index is 1010. The van der Waals surface area contributed by atoms with Crippen LogP contribution in [-0.4, -0.2) is 25.3 Å². The smallest absolute Gasteiger partial charge is 0.274 e. The standard InChI is InChI=1S/C16H15Cl2N3O5S/c1-9-13(4-3-5-14(9)21(23)24)19-16(22)10(2)20-27(25,26)15-8-11(17)6-7-12(15)18/h3-8,10,20H,1-2H3,(H,19,22)/t10-/m1/s1. The van der Waals surface area contributed by atoms with Gasteiger partial charge in [-0.15, -0.1) is 0 Å². The number of nitrogens with one attached hydrogen (secondary N) is 2. The molecule has 0 saturated carbocycles. The summed E-state index contributed by atoms with van der Waals surface area (Å²) in [6, 6.07) is 6.96. The van der Waals surface area contributed by atoms with Crippen LogP contribution in [-0.2, 0) is 14.8 Å². The molecule has 0 bridgehead atoms. The first-order valence-corrected chi connectivity index (χ1v) is 9.79. The summed E-state index contributed by atoms with van der Waals surface area (Å²) in [5, 5.41) is 13.6. The lowest BCUT2D eigenvalue weighted by molar-refractivity contribution is -0.385. The molecule has 0 fully saturated rings. The second-order valence-corrected chi connectivity index (χ2v) is 8.14. The number of hydrogen-bond donors (Lipinski definition) is 2. The lowest BCUT2D eigenvalue weighted by Gasteiger charge is -2.16. The summed E-state index contributed by atoms with van der Waals surface area (Å²) in [5.41, 5.74) is 0.302. The monoisotopic (exact) mass is 431 g/mol. The van der Waals surface area contributed by atoms with E-state index in [2.05, 4.69) is 10.0 Å². The predicted molar refractivity (Wildman–Crippen MR) is 103 cm³/mol. The van der Waals surface area contributed by atoms with Gasteiger partial charge in [0.25, 0.3) is 5.69 Å². The maximum Gasteiger partial charge on any atom is 0.274 e. The Kier molecular flexibility index (Phi) is 6.42. The Hall–Kier alpha value is -2.20. The van der Waals surface area contributed by atoms with Gasteiger partial charge in [-0.1, -0.05) is 29.3 Å². The number of nitro benzene ring substituents is 1. The molecule has 0 aliphatic rings. The first kappa shape index (κ1) is 21.1. The van der Waals surface area contributed by atoms with Gasteiger partial charge in [0.2, 0.25) is 15.9 Å². The Morgan fingerprint density at radius 1 is 1.22 bits per heavy atom. The first-order chi connectivity index (χ1) is 12.5. The van der Waals surface area contributed by atoms with E-state index in [0.29, 0.717) is 0 Å². The minimum absolute atomic E-state index is 0.0472. The molecule has 1 atom stereocenters. The zero-order chi connectivity index (χ0) is 20.4. The molecule has 0 radical (unpaired) electrons. The zero-order valence-electron chi connectivity index (χ0n) is 14.2. The molecule has 0 heterocycles. The largest absolute Gasteiger partial charge is 0.324 e. The van der Waals surface area contributed by atoms with Gasteiger partial charge >= 0.3 is 0 Å². The fraction of sp³-hybridized carbons (Fsp3) is 0.188. The second-order valence-electron chi connectivity index (χ2n) is 5.61. The van der Waals surface area contributed by atoms with Crippen LogP contribution in [0.15, 0.2) is 41.3 Å². The normalized spacial score (nSPS) is 12.4. The molecular weight excluding hydrogens is 417 g/mol. The van der Waals surface area contributed by atoms with Crippen LogP contribution in [0, 0.1) is 17.0 Å². The second kappa shape index (κ2) is 8.22. The molecule has 2 aromatic rings. The van der Waals surface area contributed by atoms with Crippen molar-refractivity contribution in [2.75, 3.05) is 5.32 Å². The van der Waals surface area contributed by atoms with Crippen LogP contribution in [0.2, 0.25) is 10.0 Å². The van der Waals surface area contributed by atoms with Gasteiger partial charge in [0.15, 0.2) is 0 Å². The van der Waals surface area contributed by atoms with E-state index in [1.54, 1.807) is 0 Å². The van der Waals surface area contributed by atoms with Gasteiger partial charge in [0.1, 0.15) is 4.90 Å². The molecule has 8 nitrogen and oxygen atoms in total. The van der Waals surface area contributed by atoms with Gasteiger partial charge in [0, 0.05) is 11.1 Å². The third-order valence-corrected chi connectivity index (χ3v) is 5.93. The highest BCUT2D eigenvalue weighted by Gasteiger charge is 2.25. The minimum Gasteiger partial charge on any atom is -0.324 e. The number of nitrogens with zero attached hydrogens (tertiary/aromatic N) is 1. The quantitative estimate of drug-likeness (QED) is 0.535. The number of carbonyl (C=O) groups is 1. The maximum atomic E-state index is 12.5. The molecule has 0 aliphatic carbocycles. The molecule has 2 rings (SSSR count). The van der Waals surface area contributed by atoms with Gasteiger partial charge in [-0.3, -0.25) is 14.9 Å². The van der Waals surface area contributed by atoms with Gasteiger partial charge in [-0.2, -0.15) is 4.72 Å². The van der Waals surface area contributed by atoms with E-state index >= 15 is 0 Å². The molecular formula is C16H15Cl2N3O5S. The van der Waals surface area contributed by atoms with E-state index < -0.39 is 26.9 Å². The number of carbonyl (C=O) groups excluding carboxylic acids is 1. The number of sulfonamides is 1. The van der Waals surface area contributed by atoms with Crippen molar-refractivity contribution in [2.45, 2.75) is 24.8 Å². The summed E-state index contributed by atoms with van der Waals surface area (Å²) in [5.74, 6) is -0.694. The average molecular weight is 432 g/mol. The Labute approximate surface area is 165 Å². The Morgan fingerprint density at radius 3 is 2.52 bits per heavy atom. The molecule has 2 aromatic carbocycles. The minimum atomic E-state index is -4.12. The SMILES string of the molecule is Cc1c(NC(=O)[C@@H](C)NS(=O)(=O)c2cc(Cl)ccc2Cl)cccc1[N+](=O)[O-]. The van der Waals surface area contributed by atoms with Gasteiger partial charge in [-0.25, -0.2) is 8.42 Å². The number of rotatable bonds is 6. The van der Waals surface area contributed by atoms with Crippen molar-refractivity contribution < 1.29 is 18.1 Å². The molecule has 0 aromatic heterocycles.